The normalized spacial score (nSPS) is 22.0. The SMILES string of the molecule is CC(c1ccccc1)N1CCC(NC(=O)C(c2ccccc2)N2CCCCC2=O)C1. The van der Waals surface area contributed by atoms with Crippen molar-refractivity contribution in [3.05, 3.63) is 71.8 Å². The average Bonchev–Trinajstić information content (AvgIpc) is 3.24. The number of nitrogens with one attached hydrogen (secondary N) is 1. The van der Waals surface area contributed by atoms with Gasteiger partial charge in [0.1, 0.15) is 6.04 Å². The second-order valence-corrected chi connectivity index (χ2v) is 8.43. The second-order valence-electron chi connectivity index (χ2n) is 8.43. The predicted octanol–water partition coefficient (Wildman–Crippen LogP) is 3.69. The van der Waals surface area contributed by atoms with Crippen molar-refractivity contribution in [2.75, 3.05) is 19.6 Å². The maximum Gasteiger partial charge on any atom is 0.247 e. The van der Waals surface area contributed by atoms with E-state index in [1.807, 2.05) is 36.4 Å². The highest BCUT2D eigenvalue weighted by atomic mass is 16.2. The third-order valence-electron chi connectivity index (χ3n) is 6.43. The minimum absolute atomic E-state index is 0.0596. The molecular formula is C25H31N3O2. The molecule has 3 unspecified atom stereocenters. The molecule has 4 rings (SSSR count). The molecule has 2 aromatic carbocycles. The van der Waals surface area contributed by atoms with Gasteiger partial charge in [0.2, 0.25) is 11.8 Å². The summed E-state index contributed by atoms with van der Waals surface area (Å²) >= 11 is 0. The van der Waals surface area contributed by atoms with Gasteiger partial charge in [-0.2, -0.15) is 0 Å². The first kappa shape index (κ1) is 20.6. The highest BCUT2D eigenvalue weighted by molar-refractivity contribution is 5.89. The van der Waals surface area contributed by atoms with Crippen molar-refractivity contribution in [3.8, 4) is 0 Å². The van der Waals surface area contributed by atoms with Crippen LogP contribution < -0.4 is 5.32 Å². The molecule has 2 aromatic rings. The van der Waals surface area contributed by atoms with Gasteiger partial charge in [-0.1, -0.05) is 60.7 Å². The summed E-state index contributed by atoms with van der Waals surface area (Å²) in [5.41, 5.74) is 2.18. The summed E-state index contributed by atoms with van der Waals surface area (Å²) in [4.78, 5) is 30.1. The maximum absolute atomic E-state index is 13.4. The van der Waals surface area contributed by atoms with Crippen LogP contribution in [0.4, 0.5) is 0 Å². The van der Waals surface area contributed by atoms with Crippen LogP contribution in [0.3, 0.4) is 0 Å². The monoisotopic (exact) mass is 405 g/mol. The molecule has 3 atom stereocenters. The lowest BCUT2D eigenvalue weighted by atomic mass is 10.00. The molecule has 2 aliphatic rings. The smallest absolute Gasteiger partial charge is 0.247 e. The van der Waals surface area contributed by atoms with Gasteiger partial charge in [0.25, 0.3) is 0 Å². The number of rotatable bonds is 6. The molecule has 2 fully saturated rings. The molecule has 2 aliphatic heterocycles. The molecule has 0 aromatic heterocycles. The molecule has 0 aliphatic carbocycles. The molecule has 0 bridgehead atoms. The van der Waals surface area contributed by atoms with E-state index >= 15 is 0 Å². The van der Waals surface area contributed by atoms with E-state index in [-0.39, 0.29) is 17.9 Å². The molecule has 158 valence electrons. The average molecular weight is 406 g/mol. The van der Waals surface area contributed by atoms with E-state index in [0.717, 1.165) is 37.9 Å². The van der Waals surface area contributed by atoms with E-state index in [4.69, 9.17) is 0 Å². The van der Waals surface area contributed by atoms with Crippen molar-refractivity contribution < 1.29 is 9.59 Å². The second kappa shape index (κ2) is 9.43. The molecule has 5 nitrogen and oxygen atoms in total. The zero-order valence-electron chi connectivity index (χ0n) is 17.7. The number of nitrogens with zero attached hydrogens (tertiary/aromatic N) is 2. The summed E-state index contributed by atoms with van der Waals surface area (Å²) in [7, 11) is 0. The number of carbonyl (C=O) groups is 2. The molecule has 0 spiro atoms. The van der Waals surface area contributed by atoms with Gasteiger partial charge in [-0.05, 0) is 37.3 Å². The summed E-state index contributed by atoms with van der Waals surface area (Å²) in [5.74, 6) is 0.0201. The summed E-state index contributed by atoms with van der Waals surface area (Å²) < 4.78 is 0. The van der Waals surface area contributed by atoms with Gasteiger partial charge in [0.05, 0.1) is 0 Å². The maximum atomic E-state index is 13.4. The van der Waals surface area contributed by atoms with Crippen LogP contribution >= 0.6 is 0 Å². The van der Waals surface area contributed by atoms with Crippen molar-refractivity contribution >= 4 is 11.8 Å². The first-order valence-corrected chi connectivity index (χ1v) is 11.1. The Balaban J connectivity index is 1.45. The standard InChI is InChI=1S/C25H31N3O2/c1-19(20-10-4-2-5-11-20)27-17-15-22(18-27)26-25(30)24(21-12-6-3-7-13-21)28-16-9-8-14-23(28)29/h2-7,10-13,19,22,24H,8-9,14-18H2,1H3,(H,26,30). The summed E-state index contributed by atoms with van der Waals surface area (Å²) in [5, 5.41) is 3.26. The highest BCUT2D eigenvalue weighted by Crippen LogP contribution is 2.28. The fraction of sp³-hybridized carbons (Fsp3) is 0.440. The van der Waals surface area contributed by atoms with E-state index in [2.05, 4.69) is 41.4 Å². The van der Waals surface area contributed by atoms with E-state index in [1.165, 1.54) is 5.56 Å². The van der Waals surface area contributed by atoms with Crippen LogP contribution in [0, 0.1) is 0 Å². The number of likely N-dealkylation sites (tertiary alicyclic amines) is 2. The first-order chi connectivity index (χ1) is 14.6. The van der Waals surface area contributed by atoms with E-state index < -0.39 is 6.04 Å². The van der Waals surface area contributed by atoms with Crippen molar-refractivity contribution in [1.29, 1.82) is 0 Å². The number of hydrogen-bond acceptors (Lipinski definition) is 3. The minimum Gasteiger partial charge on any atom is -0.350 e. The van der Waals surface area contributed by atoms with E-state index in [1.54, 1.807) is 4.90 Å². The van der Waals surface area contributed by atoms with Crippen molar-refractivity contribution in [2.45, 2.75) is 50.7 Å². The van der Waals surface area contributed by atoms with Gasteiger partial charge < -0.3 is 10.2 Å². The molecule has 0 saturated carbocycles. The number of benzene rings is 2. The van der Waals surface area contributed by atoms with Crippen LogP contribution in [0.5, 0.6) is 0 Å². The minimum atomic E-state index is -0.542. The van der Waals surface area contributed by atoms with Gasteiger partial charge in [0, 0.05) is 38.1 Å². The lowest BCUT2D eigenvalue weighted by molar-refractivity contribution is -0.143. The van der Waals surface area contributed by atoms with E-state index in [0.29, 0.717) is 19.0 Å². The summed E-state index contributed by atoms with van der Waals surface area (Å²) in [6.07, 6.45) is 3.32. The van der Waals surface area contributed by atoms with Crippen LogP contribution in [0.2, 0.25) is 0 Å². The van der Waals surface area contributed by atoms with Crippen molar-refractivity contribution in [1.82, 2.24) is 15.1 Å². The highest BCUT2D eigenvalue weighted by Gasteiger charge is 2.35. The Labute approximate surface area is 179 Å². The Morgan fingerprint density at radius 3 is 2.30 bits per heavy atom. The fourth-order valence-corrected chi connectivity index (χ4v) is 4.69. The zero-order chi connectivity index (χ0) is 20.9. The lowest BCUT2D eigenvalue weighted by Crippen LogP contribution is -2.48. The Hall–Kier alpha value is -2.66. The van der Waals surface area contributed by atoms with Gasteiger partial charge in [-0.15, -0.1) is 0 Å². The first-order valence-electron chi connectivity index (χ1n) is 11.1. The molecule has 2 amide bonds. The van der Waals surface area contributed by atoms with Crippen LogP contribution in [0.1, 0.15) is 55.8 Å². The largest absolute Gasteiger partial charge is 0.350 e. The van der Waals surface area contributed by atoms with Crippen molar-refractivity contribution in [3.63, 3.8) is 0 Å². The molecule has 2 saturated heterocycles. The number of hydrogen-bond donors (Lipinski definition) is 1. The Bertz CT molecular complexity index is 855. The summed E-state index contributed by atoms with van der Waals surface area (Å²) in [6.45, 7) is 4.66. The Morgan fingerprint density at radius 2 is 1.63 bits per heavy atom. The topological polar surface area (TPSA) is 52.7 Å². The molecule has 5 heteroatoms. The van der Waals surface area contributed by atoms with Crippen LogP contribution in [-0.2, 0) is 9.59 Å². The Morgan fingerprint density at radius 1 is 0.967 bits per heavy atom. The molecule has 0 radical (unpaired) electrons. The zero-order valence-corrected chi connectivity index (χ0v) is 17.7. The van der Waals surface area contributed by atoms with Crippen LogP contribution in [-0.4, -0.2) is 47.3 Å². The number of amides is 2. The molecule has 30 heavy (non-hydrogen) atoms. The Kier molecular flexibility index (Phi) is 6.48. The number of carbonyl (C=O) groups excluding carboxylic acids is 2. The lowest BCUT2D eigenvalue weighted by Gasteiger charge is -2.34. The van der Waals surface area contributed by atoms with Crippen molar-refractivity contribution in [2.24, 2.45) is 0 Å². The molecular weight excluding hydrogens is 374 g/mol. The van der Waals surface area contributed by atoms with Gasteiger partial charge in [0.15, 0.2) is 0 Å². The van der Waals surface area contributed by atoms with E-state index in [9.17, 15) is 9.59 Å². The predicted molar refractivity (Wildman–Crippen MR) is 118 cm³/mol. The van der Waals surface area contributed by atoms with Crippen LogP contribution in [0.15, 0.2) is 60.7 Å². The summed E-state index contributed by atoms with van der Waals surface area (Å²) in [6, 6.07) is 20.1. The van der Waals surface area contributed by atoms with Gasteiger partial charge >= 0.3 is 0 Å². The van der Waals surface area contributed by atoms with Crippen LogP contribution in [0.25, 0.3) is 0 Å². The fourth-order valence-electron chi connectivity index (χ4n) is 4.69. The third kappa shape index (κ3) is 4.57. The van der Waals surface area contributed by atoms with Gasteiger partial charge in [-0.25, -0.2) is 0 Å². The number of piperidine rings is 1. The molecule has 2 heterocycles. The quantitative estimate of drug-likeness (QED) is 0.797. The van der Waals surface area contributed by atoms with Gasteiger partial charge in [-0.3, -0.25) is 14.5 Å². The third-order valence-corrected chi connectivity index (χ3v) is 6.43. The molecule has 1 N–H and O–H groups in total.